The topological polar surface area (TPSA) is 97.4 Å². The molecule has 2 aromatic carbocycles. The number of hydrogen-bond acceptors (Lipinski definition) is 6. The van der Waals surface area contributed by atoms with Crippen molar-refractivity contribution in [1.82, 2.24) is 14.7 Å². The molecule has 3 aromatic rings. The summed E-state index contributed by atoms with van der Waals surface area (Å²) >= 11 is 0. The maximum absolute atomic E-state index is 13.6. The molecule has 0 bridgehead atoms. The van der Waals surface area contributed by atoms with Crippen LogP contribution in [0.4, 0.5) is 0 Å². The number of carbonyl (C=O) groups excluding carboxylic acids is 2. The van der Waals surface area contributed by atoms with Crippen LogP contribution >= 0.6 is 0 Å². The number of imide groups is 1. The minimum atomic E-state index is -0.572. The van der Waals surface area contributed by atoms with Gasteiger partial charge in [0.25, 0.3) is 11.8 Å². The van der Waals surface area contributed by atoms with Crippen molar-refractivity contribution in [2.75, 3.05) is 26.4 Å². The highest BCUT2D eigenvalue weighted by Crippen LogP contribution is 2.33. The van der Waals surface area contributed by atoms with E-state index in [9.17, 15) is 14.9 Å². The van der Waals surface area contributed by atoms with E-state index in [0.29, 0.717) is 48.6 Å². The first-order valence-electron chi connectivity index (χ1n) is 13.5. The summed E-state index contributed by atoms with van der Waals surface area (Å²) in [5, 5.41) is 14.7. The number of aryl methyl sites for hydroxylation is 1. The van der Waals surface area contributed by atoms with Crippen LogP contribution in [0, 0.1) is 18.3 Å². The van der Waals surface area contributed by atoms with Crippen LogP contribution in [0.5, 0.6) is 5.75 Å². The van der Waals surface area contributed by atoms with Crippen molar-refractivity contribution < 1.29 is 19.1 Å². The minimum absolute atomic E-state index is 0.0344. The van der Waals surface area contributed by atoms with Gasteiger partial charge >= 0.3 is 0 Å². The lowest BCUT2D eigenvalue weighted by atomic mass is 9.92. The lowest BCUT2D eigenvalue weighted by Gasteiger charge is -2.27. The molecule has 40 heavy (non-hydrogen) atoms. The molecule has 0 atom stereocenters. The molecule has 1 aliphatic heterocycles. The van der Waals surface area contributed by atoms with Gasteiger partial charge in [-0.15, -0.1) is 0 Å². The second-order valence-corrected chi connectivity index (χ2v) is 9.52. The normalized spacial score (nSPS) is 14.7. The summed E-state index contributed by atoms with van der Waals surface area (Å²) < 4.78 is 13.0. The van der Waals surface area contributed by atoms with Crippen molar-refractivity contribution >= 4 is 17.9 Å². The van der Waals surface area contributed by atoms with Crippen molar-refractivity contribution in [3.8, 4) is 28.8 Å². The third-order valence-electron chi connectivity index (χ3n) is 6.69. The second kappa shape index (κ2) is 13.0. The molecule has 206 valence electrons. The van der Waals surface area contributed by atoms with E-state index >= 15 is 0 Å². The van der Waals surface area contributed by atoms with E-state index in [1.807, 2.05) is 74.6 Å². The molecule has 0 saturated carbocycles. The first kappa shape index (κ1) is 28.5. The second-order valence-electron chi connectivity index (χ2n) is 9.52. The molecule has 1 aromatic heterocycles. The highest BCUT2D eigenvalue weighted by atomic mass is 16.5. The Morgan fingerprint density at radius 1 is 1.02 bits per heavy atom. The molecule has 2 amide bonds. The van der Waals surface area contributed by atoms with Gasteiger partial charge in [-0.1, -0.05) is 25.1 Å². The highest BCUT2D eigenvalue weighted by molar-refractivity contribution is 6.19. The van der Waals surface area contributed by atoms with Crippen molar-refractivity contribution in [2.24, 2.45) is 0 Å². The average molecular weight is 539 g/mol. The Balaban J connectivity index is 1.83. The van der Waals surface area contributed by atoms with Gasteiger partial charge in [0.2, 0.25) is 0 Å². The summed E-state index contributed by atoms with van der Waals surface area (Å²) in [5.41, 5.74) is 4.71. The zero-order valence-corrected chi connectivity index (χ0v) is 23.4. The molecule has 0 radical (unpaired) electrons. The number of nitrogens with zero attached hydrogens (tertiary/aromatic N) is 4. The molecule has 0 aliphatic carbocycles. The molecular formula is C32H34N4O4. The summed E-state index contributed by atoms with van der Waals surface area (Å²) in [4.78, 5) is 27.8. The Kier molecular flexibility index (Phi) is 9.31. The van der Waals surface area contributed by atoms with E-state index in [4.69, 9.17) is 14.6 Å². The van der Waals surface area contributed by atoms with Gasteiger partial charge in [0.1, 0.15) is 23.1 Å². The first-order valence-corrected chi connectivity index (χ1v) is 13.5. The summed E-state index contributed by atoms with van der Waals surface area (Å²) in [5.74, 6) is -0.222. The predicted octanol–water partition coefficient (Wildman–Crippen LogP) is 5.66. The molecule has 8 nitrogen and oxygen atoms in total. The molecule has 0 spiro atoms. The number of benzene rings is 2. The van der Waals surface area contributed by atoms with Gasteiger partial charge in [0, 0.05) is 42.7 Å². The zero-order chi connectivity index (χ0) is 28.6. The summed E-state index contributed by atoms with van der Waals surface area (Å²) in [6.45, 7) is 9.36. The van der Waals surface area contributed by atoms with Crippen LogP contribution in [0.1, 0.15) is 44.7 Å². The maximum Gasteiger partial charge on any atom is 0.271 e. The number of ether oxygens (including phenoxy) is 2. The molecule has 1 aliphatic rings. The van der Waals surface area contributed by atoms with Crippen LogP contribution in [-0.4, -0.2) is 52.9 Å². The van der Waals surface area contributed by atoms with Gasteiger partial charge in [-0.2, -0.15) is 10.4 Å². The lowest BCUT2D eigenvalue weighted by Crippen LogP contribution is -2.43. The van der Waals surface area contributed by atoms with E-state index < -0.39 is 11.8 Å². The van der Waals surface area contributed by atoms with Gasteiger partial charge in [0.05, 0.1) is 12.3 Å². The summed E-state index contributed by atoms with van der Waals surface area (Å²) in [7, 11) is 0. The Morgan fingerprint density at radius 3 is 2.48 bits per heavy atom. The minimum Gasteiger partial charge on any atom is -0.494 e. The smallest absolute Gasteiger partial charge is 0.271 e. The fourth-order valence-electron chi connectivity index (χ4n) is 4.58. The highest BCUT2D eigenvalue weighted by Gasteiger charge is 2.35. The number of aromatic nitrogens is 2. The van der Waals surface area contributed by atoms with E-state index in [2.05, 4.69) is 6.92 Å². The quantitative estimate of drug-likeness (QED) is 0.178. The van der Waals surface area contributed by atoms with E-state index in [-0.39, 0.29) is 12.1 Å². The van der Waals surface area contributed by atoms with Crippen molar-refractivity contribution in [3.05, 3.63) is 82.6 Å². The van der Waals surface area contributed by atoms with Crippen molar-refractivity contribution in [3.63, 3.8) is 0 Å². The molecule has 0 saturated heterocycles. The predicted molar refractivity (Wildman–Crippen MR) is 154 cm³/mol. The molecule has 0 N–H and O–H groups in total. The van der Waals surface area contributed by atoms with Crippen molar-refractivity contribution in [2.45, 2.75) is 40.5 Å². The van der Waals surface area contributed by atoms with Gasteiger partial charge in [0.15, 0.2) is 0 Å². The van der Waals surface area contributed by atoms with Crippen LogP contribution < -0.4 is 4.74 Å². The number of hydrogen-bond donors (Lipinski definition) is 0. The van der Waals surface area contributed by atoms with E-state index in [0.717, 1.165) is 33.9 Å². The fraction of sp³-hybridized carbons (Fsp3) is 0.312. The number of rotatable bonds is 11. The standard InChI is InChI=1S/C32H34N4O4/c1-5-16-40-26-13-14-27(22(3)18-26)30-24(21-36(34-30)25-11-8-7-9-12-25)19-28-23(4)29(20-33)32(38)35(31(28)37)15-10-17-39-6-2/h7-9,11-14,18-19,21H,5-6,10,15-17H2,1-4H3/b28-19+. The van der Waals surface area contributed by atoms with Crippen LogP contribution in [0.3, 0.4) is 0 Å². The lowest BCUT2D eigenvalue weighted by molar-refractivity contribution is -0.140. The zero-order valence-electron chi connectivity index (χ0n) is 23.4. The molecule has 0 unspecified atom stereocenters. The van der Waals surface area contributed by atoms with Crippen LogP contribution in [0.15, 0.2) is 71.4 Å². The third kappa shape index (κ3) is 6.05. The Hall–Kier alpha value is -4.48. The molecule has 8 heteroatoms. The third-order valence-corrected chi connectivity index (χ3v) is 6.69. The van der Waals surface area contributed by atoms with Gasteiger partial charge in [-0.05, 0) is 81.2 Å². The number of amides is 2. The monoisotopic (exact) mass is 538 g/mol. The van der Waals surface area contributed by atoms with Crippen LogP contribution in [0.25, 0.3) is 23.0 Å². The van der Waals surface area contributed by atoms with Gasteiger partial charge in [-0.25, -0.2) is 4.68 Å². The maximum atomic E-state index is 13.6. The van der Waals surface area contributed by atoms with Crippen LogP contribution in [-0.2, 0) is 14.3 Å². The van der Waals surface area contributed by atoms with E-state index in [1.165, 1.54) is 0 Å². The van der Waals surface area contributed by atoms with Gasteiger partial charge < -0.3 is 9.47 Å². The molecule has 2 heterocycles. The Morgan fingerprint density at radius 2 is 1.80 bits per heavy atom. The molecule has 0 fully saturated rings. The SMILES string of the molecule is CCCOc1ccc(-c2nn(-c3ccccc3)cc2/C=C2/C(=O)N(CCCOCC)C(=O)C(C#N)=C2C)c(C)c1. The van der Waals surface area contributed by atoms with Gasteiger partial charge in [-0.3, -0.25) is 14.5 Å². The number of carbonyl (C=O) groups is 2. The first-order chi connectivity index (χ1) is 19.4. The Bertz CT molecular complexity index is 1490. The Labute approximate surface area is 235 Å². The van der Waals surface area contributed by atoms with Crippen molar-refractivity contribution in [1.29, 1.82) is 5.26 Å². The van der Waals surface area contributed by atoms with E-state index in [1.54, 1.807) is 17.7 Å². The molecule has 4 rings (SSSR count). The fourth-order valence-corrected chi connectivity index (χ4v) is 4.58. The summed E-state index contributed by atoms with van der Waals surface area (Å²) in [6.07, 6.45) is 5.00. The molecular weight excluding hydrogens is 504 g/mol. The largest absolute Gasteiger partial charge is 0.494 e. The summed E-state index contributed by atoms with van der Waals surface area (Å²) in [6, 6.07) is 17.6. The number of nitriles is 1. The number of para-hydroxylation sites is 1. The van der Waals surface area contributed by atoms with Crippen LogP contribution in [0.2, 0.25) is 0 Å². The average Bonchev–Trinajstić information content (AvgIpc) is 3.38.